The van der Waals surface area contributed by atoms with E-state index >= 15 is 0 Å². The molecule has 0 bridgehead atoms. The van der Waals surface area contributed by atoms with Crippen molar-refractivity contribution in [1.29, 1.82) is 0 Å². The lowest BCUT2D eigenvalue weighted by molar-refractivity contribution is 0.0429. The first-order chi connectivity index (χ1) is 9.08. The van der Waals surface area contributed by atoms with Gasteiger partial charge in [-0.2, -0.15) is 0 Å². The molecule has 0 aromatic carbocycles. The molecule has 0 saturated heterocycles. The maximum atomic E-state index is 11.8. The van der Waals surface area contributed by atoms with E-state index in [1.54, 1.807) is 25.1 Å². The van der Waals surface area contributed by atoms with E-state index in [9.17, 15) is 4.79 Å². The zero-order valence-corrected chi connectivity index (χ0v) is 11.3. The van der Waals surface area contributed by atoms with Crippen LogP contribution in [0.15, 0.2) is 22.6 Å². The fraction of sp³-hybridized carbons (Fsp3) is 0.357. The minimum Gasteiger partial charge on any atom is -0.454 e. The number of hydrogen-bond acceptors (Lipinski definition) is 5. The lowest BCUT2D eigenvalue weighted by Gasteiger charge is -2.04. The van der Waals surface area contributed by atoms with Crippen molar-refractivity contribution in [2.24, 2.45) is 0 Å². The van der Waals surface area contributed by atoms with E-state index < -0.39 is 5.97 Å². The molecule has 0 spiro atoms. The number of hydrogen-bond donors (Lipinski definition) is 0. The van der Waals surface area contributed by atoms with Gasteiger partial charge in [0.05, 0.1) is 5.69 Å². The molecule has 5 nitrogen and oxygen atoms in total. The van der Waals surface area contributed by atoms with Crippen LogP contribution in [0.2, 0.25) is 0 Å². The Bertz CT molecular complexity index is 570. The van der Waals surface area contributed by atoms with Crippen molar-refractivity contribution in [3.63, 3.8) is 0 Å². The van der Waals surface area contributed by atoms with E-state index in [4.69, 9.17) is 9.15 Å². The second-order valence-electron chi connectivity index (χ2n) is 4.24. The van der Waals surface area contributed by atoms with Crippen molar-refractivity contribution in [1.82, 2.24) is 9.97 Å². The van der Waals surface area contributed by atoms with Crippen LogP contribution in [0.3, 0.4) is 0 Å². The number of esters is 1. The van der Waals surface area contributed by atoms with Crippen molar-refractivity contribution in [2.45, 2.75) is 33.8 Å². The van der Waals surface area contributed by atoms with Gasteiger partial charge in [-0.3, -0.25) is 0 Å². The van der Waals surface area contributed by atoms with Crippen LogP contribution in [0.5, 0.6) is 0 Å². The third kappa shape index (κ3) is 3.40. The molecule has 0 radical (unpaired) electrons. The van der Waals surface area contributed by atoms with Gasteiger partial charge in [-0.25, -0.2) is 14.8 Å². The summed E-state index contributed by atoms with van der Waals surface area (Å²) in [6.07, 6.45) is 0.748. The van der Waals surface area contributed by atoms with Gasteiger partial charge in [0.25, 0.3) is 0 Å². The third-order valence-electron chi connectivity index (χ3n) is 2.58. The normalized spacial score (nSPS) is 10.5. The van der Waals surface area contributed by atoms with Gasteiger partial charge < -0.3 is 9.15 Å². The summed E-state index contributed by atoms with van der Waals surface area (Å²) < 4.78 is 10.5. The SMILES string of the molecule is CCc1ccc(C(=O)OCc2cc(C)nc(C)n2)o1. The van der Waals surface area contributed by atoms with Crippen molar-refractivity contribution in [3.8, 4) is 0 Å². The monoisotopic (exact) mass is 260 g/mol. The van der Waals surface area contributed by atoms with E-state index in [1.165, 1.54) is 0 Å². The van der Waals surface area contributed by atoms with Crippen molar-refractivity contribution in [3.05, 3.63) is 46.9 Å². The summed E-state index contributed by atoms with van der Waals surface area (Å²) >= 11 is 0. The molecule has 0 unspecified atom stereocenters. The van der Waals surface area contributed by atoms with Gasteiger partial charge in [-0.15, -0.1) is 0 Å². The number of carbonyl (C=O) groups is 1. The summed E-state index contributed by atoms with van der Waals surface area (Å²) in [6, 6.07) is 5.19. The smallest absolute Gasteiger partial charge is 0.374 e. The zero-order valence-electron chi connectivity index (χ0n) is 11.3. The molecule has 0 atom stereocenters. The Kier molecular flexibility index (Phi) is 3.94. The Morgan fingerprint density at radius 2 is 2.11 bits per heavy atom. The van der Waals surface area contributed by atoms with Gasteiger partial charge in [-0.1, -0.05) is 6.92 Å². The molecule has 0 aliphatic heterocycles. The molecular formula is C14H16N2O3. The highest BCUT2D eigenvalue weighted by Crippen LogP contribution is 2.11. The molecule has 0 aliphatic carbocycles. The van der Waals surface area contributed by atoms with Crippen molar-refractivity contribution < 1.29 is 13.9 Å². The van der Waals surface area contributed by atoms with Crippen molar-refractivity contribution in [2.75, 3.05) is 0 Å². The quantitative estimate of drug-likeness (QED) is 0.790. The fourth-order valence-electron chi connectivity index (χ4n) is 1.76. The topological polar surface area (TPSA) is 65.2 Å². The van der Waals surface area contributed by atoms with Crippen LogP contribution in [-0.4, -0.2) is 15.9 Å². The van der Waals surface area contributed by atoms with E-state index in [-0.39, 0.29) is 12.4 Å². The predicted molar refractivity (Wildman–Crippen MR) is 68.7 cm³/mol. The highest BCUT2D eigenvalue weighted by molar-refractivity contribution is 5.86. The summed E-state index contributed by atoms with van der Waals surface area (Å²) in [4.78, 5) is 20.1. The van der Waals surface area contributed by atoms with Crippen LogP contribution in [0.1, 0.15) is 40.5 Å². The standard InChI is InChI=1S/C14H16N2O3/c1-4-12-5-6-13(19-12)14(17)18-8-11-7-9(2)15-10(3)16-11/h5-7H,4,8H2,1-3H3. The molecule has 2 aromatic rings. The molecule has 2 aromatic heterocycles. The third-order valence-corrected chi connectivity index (χ3v) is 2.58. The predicted octanol–water partition coefficient (Wildman–Crippen LogP) is 2.61. The molecule has 100 valence electrons. The first-order valence-corrected chi connectivity index (χ1v) is 6.15. The molecule has 2 rings (SSSR count). The number of aromatic nitrogens is 2. The van der Waals surface area contributed by atoms with Gasteiger partial charge in [-0.05, 0) is 32.0 Å². The number of carbonyl (C=O) groups excluding carboxylic acids is 1. The van der Waals surface area contributed by atoms with Crippen molar-refractivity contribution >= 4 is 5.97 Å². The molecule has 0 saturated carbocycles. The highest BCUT2D eigenvalue weighted by atomic mass is 16.5. The number of ether oxygens (including phenoxy) is 1. The maximum Gasteiger partial charge on any atom is 0.374 e. The second-order valence-corrected chi connectivity index (χ2v) is 4.24. The first-order valence-electron chi connectivity index (χ1n) is 6.15. The molecule has 0 fully saturated rings. The largest absolute Gasteiger partial charge is 0.454 e. The fourth-order valence-corrected chi connectivity index (χ4v) is 1.76. The van der Waals surface area contributed by atoms with Gasteiger partial charge >= 0.3 is 5.97 Å². The summed E-state index contributed by atoms with van der Waals surface area (Å²) in [5.74, 6) is 1.17. The summed E-state index contributed by atoms with van der Waals surface area (Å²) in [5.41, 5.74) is 1.53. The van der Waals surface area contributed by atoms with E-state index in [1.807, 2.05) is 13.8 Å². The average Bonchev–Trinajstić information content (AvgIpc) is 2.83. The zero-order chi connectivity index (χ0) is 13.8. The Balaban J connectivity index is 2.00. The van der Waals surface area contributed by atoms with Gasteiger partial charge in [0.1, 0.15) is 18.2 Å². The maximum absolute atomic E-state index is 11.8. The second kappa shape index (κ2) is 5.65. The van der Waals surface area contributed by atoms with Gasteiger partial charge in [0.15, 0.2) is 0 Å². The molecule has 2 heterocycles. The van der Waals surface area contributed by atoms with E-state index in [0.717, 1.165) is 17.9 Å². The summed E-state index contributed by atoms with van der Waals surface area (Å²) in [6.45, 7) is 5.75. The van der Waals surface area contributed by atoms with Crippen LogP contribution >= 0.6 is 0 Å². The van der Waals surface area contributed by atoms with Crippen LogP contribution in [0.4, 0.5) is 0 Å². The van der Waals surface area contributed by atoms with Gasteiger partial charge in [0.2, 0.25) is 5.76 Å². The first kappa shape index (κ1) is 13.3. The number of aryl methyl sites for hydroxylation is 3. The molecule has 0 N–H and O–H groups in total. The molecule has 0 amide bonds. The highest BCUT2D eigenvalue weighted by Gasteiger charge is 2.12. The van der Waals surface area contributed by atoms with Crippen LogP contribution in [0, 0.1) is 13.8 Å². The molecule has 5 heteroatoms. The van der Waals surface area contributed by atoms with Crippen LogP contribution in [-0.2, 0) is 17.8 Å². The Morgan fingerprint density at radius 3 is 2.74 bits per heavy atom. The van der Waals surface area contributed by atoms with Crippen LogP contribution in [0.25, 0.3) is 0 Å². The minimum absolute atomic E-state index is 0.116. The van der Waals surface area contributed by atoms with Crippen LogP contribution < -0.4 is 0 Å². The molecule has 0 aliphatic rings. The van der Waals surface area contributed by atoms with E-state index in [2.05, 4.69) is 9.97 Å². The Morgan fingerprint density at radius 1 is 1.32 bits per heavy atom. The number of rotatable bonds is 4. The number of nitrogens with zero attached hydrogens (tertiary/aromatic N) is 2. The minimum atomic E-state index is -0.478. The van der Waals surface area contributed by atoms with Gasteiger partial charge in [0, 0.05) is 12.1 Å². The summed E-state index contributed by atoms with van der Waals surface area (Å²) in [7, 11) is 0. The molecule has 19 heavy (non-hydrogen) atoms. The Hall–Kier alpha value is -2.17. The molecular weight excluding hydrogens is 244 g/mol. The summed E-state index contributed by atoms with van der Waals surface area (Å²) in [5, 5.41) is 0. The number of furan rings is 1. The lowest BCUT2D eigenvalue weighted by atomic mass is 10.3. The lowest BCUT2D eigenvalue weighted by Crippen LogP contribution is -2.06. The average molecular weight is 260 g/mol. The van der Waals surface area contributed by atoms with E-state index in [0.29, 0.717) is 11.5 Å². The Labute approximate surface area is 111 Å².